The number of methoxy groups -OCH3 is 2. The molecular formula is C17H19BrMgO3. The van der Waals surface area contributed by atoms with Gasteiger partial charge in [0.25, 0.3) is 0 Å². The van der Waals surface area contributed by atoms with Gasteiger partial charge in [0.2, 0.25) is 0 Å². The smallest absolute Gasteiger partial charge is 1.00 e. The Bertz CT molecular complexity index is 576. The Kier molecular flexibility index (Phi) is 10.5. The minimum atomic E-state index is 0. The van der Waals surface area contributed by atoms with E-state index in [1.54, 1.807) is 14.2 Å². The maximum absolute atomic E-state index is 5.74. The molecule has 0 heterocycles. The second-order valence-electron chi connectivity index (χ2n) is 4.50. The molecule has 22 heavy (non-hydrogen) atoms. The molecule has 0 aromatic heterocycles. The third-order valence-corrected chi connectivity index (χ3v) is 3.15. The van der Waals surface area contributed by atoms with Crippen LogP contribution in [0.3, 0.4) is 0 Å². The van der Waals surface area contributed by atoms with Crippen LogP contribution in [0.25, 0.3) is 0 Å². The average Bonchev–Trinajstić information content (AvgIpc) is 2.49. The molecule has 0 amide bonds. The van der Waals surface area contributed by atoms with Crippen molar-refractivity contribution in [1.29, 1.82) is 0 Å². The summed E-state index contributed by atoms with van der Waals surface area (Å²) in [4.78, 5) is 0. The van der Waals surface area contributed by atoms with Crippen LogP contribution >= 0.6 is 0 Å². The number of aryl methyl sites for hydroxylation is 1. The molecule has 114 valence electrons. The monoisotopic (exact) mass is 374 g/mol. The Balaban J connectivity index is 0.00000220. The van der Waals surface area contributed by atoms with E-state index in [2.05, 4.69) is 12.1 Å². The normalized spacial score (nSPS) is 9.41. The van der Waals surface area contributed by atoms with Gasteiger partial charge < -0.3 is 31.2 Å². The fraction of sp³-hybridized carbons (Fsp3) is 0.294. The number of hydrogen-bond acceptors (Lipinski definition) is 3. The van der Waals surface area contributed by atoms with Gasteiger partial charge >= 0.3 is 23.1 Å². The summed E-state index contributed by atoms with van der Waals surface area (Å²) in [6.07, 6.45) is 0. The maximum atomic E-state index is 5.74. The summed E-state index contributed by atoms with van der Waals surface area (Å²) < 4.78 is 16.2. The van der Waals surface area contributed by atoms with Gasteiger partial charge in [-0.15, -0.1) is 5.56 Å². The van der Waals surface area contributed by atoms with E-state index in [0.717, 1.165) is 28.2 Å². The molecule has 0 N–H and O–H groups in total. The molecular weight excluding hydrogens is 356 g/mol. The largest absolute Gasteiger partial charge is 2.00 e. The zero-order chi connectivity index (χ0) is 14.4. The van der Waals surface area contributed by atoms with E-state index in [0.29, 0.717) is 13.2 Å². The van der Waals surface area contributed by atoms with E-state index in [4.69, 9.17) is 14.2 Å². The first-order chi connectivity index (χ1) is 9.74. The minimum absolute atomic E-state index is 0. The zero-order valence-corrected chi connectivity index (χ0v) is 16.2. The molecule has 0 fully saturated rings. The van der Waals surface area contributed by atoms with E-state index >= 15 is 0 Å². The summed E-state index contributed by atoms with van der Waals surface area (Å²) in [7, 11) is 3.26. The maximum Gasteiger partial charge on any atom is 2.00 e. The van der Waals surface area contributed by atoms with Crippen LogP contribution in [-0.4, -0.2) is 37.3 Å². The summed E-state index contributed by atoms with van der Waals surface area (Å²) in [5, 5.41) is 0. The summed E-state index contributed by atoms with van der Waals surface area (Å²) >= 11 is 0. The van der Waals surface area contributed by atoms with Gasteiger partial charge in [-0.2, -0.15) is 29.8 Å². The summed E-state index contributed by atoms with van der Waals surface area (Å²) in [5.41, 5.74) is 3.34. The molecule has 0 aliphatic heterocycles. The fourth-order valence-electron chi connectivity index (χ4n) is 1.96. The first-order valence-corrected chi connectivity index (χ1v) is 6.49. The molecule has 0 unspecified atom stereocenters. The van der Waals surface area contributed by atoms with Crippen molar-refractivity contribution < 1.29 is 31.2 Å². The van der Waals surface area contributed by atoms with E-state index in [9.17, 15) is 0 Å². The van der Waals surface area contributed by atoms with Gasteiger partial charge in [-0.05, 0) is 17.7 Å². The predicted octanol–water partition coefficient (Wildman–Crippen LogP) is 0.152. The Morgan fingerprint density at radius 1 is 1.00 bits per heavy atom. The predicted molar refractivity (Wildman–Crippen MR) is 83.8 cm³/mol. The molecule has 0 atom stereocenters. The average molecular weight is 376 g/mol. The summed E-state index contributed by atoms with van der Waals surface area (Å²) in [6.45, 7) is 3.15. The molecule has 0 spiro atoms. The van der Waals surface area contributed by atoms with Crippen LogP contribution in [0.1, 0.15) is 16.7 Å². The number of benzene rings is 2. The SMILES string of the molecule is COc1ccc(COCc2ccc[c-]c2C)cc1OC.[Br-].[Mg+2]. The van der Waals surface area contributed by atoms with Gasteiger partial charge in [-0.3, -0.25) is 0 Å². The van der Waals surface area contributed by atoms with Crippen LogP contribution in [-0.2, 0) is 18.0 Å². The topological polar surface area (TPSA) is 27.7 Å². The Morgan fingerprint density at radius 3 is 2.36 bits per heavy atom. The van der Waals surface area contributed by atoms with Crippen molar-refractivity contribution >= 4 is 23.1 Å². The van der Waals surface area contributed by atoms with Crippen LogP contribution in [0.2, 0.25) is 0 Å². The minimum Gasteiger partial charge on any atom is -1.00 e. The van der Waals surface area contributed by atoms with Crippen molar-refractivity contribution in [2.24, 2.45) is 0 Å². The van der Waals surface area contributed by atoms with Crippen molar-refractivity contribution in [1.82, 2.24) is 0 Å². The van der Waals surface area contributed by atoms with Gasteiger partial charge in [-0.25, -0.2) is 0 Å². The first kappa shape index (κ1) is 21.2. The Labute approximate surface area is 158 Å². The molecule has 2 rings (SSSR count). The Hall–Kier alpha value is -0.754. The van der Waals surface area contributed by atoms with E-state index in [1.807, 2.05) is 37.3 Å². The van der Waals surface area contributed by atoms with E-state index in [1.165, 1.54) is 0 Å². The van der Waals surface area contributed by atoms with E-state index < -0.39 is 0 Å². The third kappa shape index (κ3) is 5.80. The number of hydrogen-bond donors (Lipinski definition) is 0. The van der Waals surface area contributed by atoms with Crippen LogP contribution in [0.4, 0.5) is 0 Å². The standard InChI is InChI=1S/C17H19O3.BrH.Mg/c1-13-6-4-5-7-15(13)12-20-11-14-8-9-16(18-2)17(10-14)19-3;;/h4-5,7-10H,11-12H2,1-3H3;1H;/q-1;;+2/p-1. The van der Waals surface area contributed by atoms with Crippen LogP contribution in [0.15, 0.2) is 36.4 Å². The molecule has 0 aliphatic rings. The van der Waals surface area contributed by atoms with Crippen LogP contribution in [0, 0.1) is 13.0 Å². The van der Waals surface area contributed by atoms with Crippen molar-refractivity contribution in [3.63, 3.8) is 0 Å². The number of ether oxygens (including phenoxy) is 3. The van der Waals surface area contributed by atoms with Gasteiger partial charge in [0.15, 0.2) is 11.5 Å². The molecule has 0 saturated carbocycles. The number of rotatable bonds is 6. The van der Waals surface area contributed by atoms with Crippen LogP contribution in [0.5, 0.6) is 11.5 Å². The number of halogens is 1. The second kappa shape index (κ2) is 10.9. The fourth-order valence-corrected chi connectivity index (χ4v) is 1.96. The Morgan fingerprint density at radius 2 is 1.73 bits per heavy atom. The second-order valence-corrected chi connectivity index (χ2v) is 4.50. The van der Waals surface area contributed by atoms with Gasteiger partial charge in [-0.1, -0.05) is 13.0 Å². The first-order valence-electron chi connectivity index (χ1n) is 6.49. The van der Waals surface area contributed by atoms with Gasteiger partial charge in [0, 0.05) is 6.61 Å². The van der Waals surface area contributed by atoms with Crippen molar-refractivity contribution in [3.8, 4) is 11.5 Å². The van der Waals surface area contributed by atoms with E-state index in [-0.39, 0.29) is 40.0 Å². The van der Waals surface area contributed by atoms with Crippen LogP contribution < -0.4 is 26.5 Å². The molecule has 2 aromatic rings. The molecule has 2 aromatic carbocycles. The quantitative estimate of drug-likeness (QED) is 0.532. The summed E-state index contributed by atoms with van der Waals surface area (Å²) in [6, 6.07) is 14.9. The molecule has 0 radical (unpaired) electrons. The molecule has 0 aliphatic carbocycles. The van der Waals surface area contributed by atoms with Gasteiger partial charge in [0.1, 0.15) is 0 Å². The van der Waals surface area contributed by atoms with Crippen molar-refractivity contribution in [2.75, 3.05) is 14.2 Å². The zero-order valence-electron chi connectivity index (χ0n) is 13.2. The third-order valence-electron chi connectivity index (χ3n) is 3.15. The van der Waals surface area contributed by atoms with Crippen molar-refractivity contribution in [2.45, 2.75) is 20.1 Å². The molecule has 3 nitrogen and oxygen atoms in total. The molecule has 5 heteroatoms. The van der Waals surface area contributed by atoms with Crippen molar-refractivity contribution in [3.05, 3.63) is 59.2 Å². The molecule has 0 bridgehead atoms. The molecule has 0 saturated heterocycles. The van der Waals surface area contributed by atoms with Gasteiger partial charge in [0.05, 0.1) is 20.8 Å². The summed E-state index contributed by atoms with van der Waals surface area (Å²) in [5.74, 6) is 1.45.